The number of hydrogen-bond acceptors (Lipinski definition) is 5. The Morgan fingerprint density at radius 2 is 2.00 bits per heavy atom. The van der Waals surface area contributed by atoms with Gasteiger partial charge in [-0.1, -0.05) is 30.3 Å². The van der Waals surface area contributed by atoms with Crippen LogP contribution in [0.15, 0.2) is 48.5 Å². The Morgan fingerprint density at radius 3 is 2.61 bits per heavy atom. The van der Waals surface area contributed by atoms with Gasteiger partial charge in [0.25, 0.3) is 5.69 Å². The Morgan fingerprint density at radius 1 is 1.30 bits per heavy atom. The summed E-state index contributed by atoms with van der Waals surface area (Å²) in [7, 11) is 0. The number of anilines is 1. The first-order valence-electron chi connectivity index (χ1n) is 7.19. The number of benzene rings is 2. The van der Waals surface area contributed by atoms with Gasteiger partial charge in [-0.15, -0.1) is 0 Å². The molecule has 0 spiro atoms. The maximum Gasteiger partial charge on any atom is 0.287 e. The zero-order valence-electron chi connectivity index (χ0n) is 12.6. The maximum absolute atomic E-state index is 10.8. The van der Waals surface area contributed by atoms with Gasteiger partial charge in [0.05, 0.1) is 11.0 Å². The predicted molar refractivity (Wildman–Crippen MR) is 86.9 cm³/mol. The van der Waals surface area contributed by atoms with Crippen LogP contribution < -0.4 is 5.32 Å². The van der Waals surface area contributed by atoms with Crippen molar-refractivity contribution in [3.05, 3.63) is 69.8 Å². The number of nitriles is 1. The van der Waals surface area contributed by atoms with Crippen LogP contribution in [0.5, 0.6) is 0 Å². The second kappa shape index (κ2) is 7.38. The molecule has 0 aromatic heterocycles. The summed E-state index contributed by atoms with van der Waals surface area (Å²) in [6, 6.07) is 15.4. The highest BCUT2D eigenvalue weighted by Gasteiger charge is 2.16. The van der Waals surface area contributed by atoms with Gasteiger partial charge in [0.15, 0.2) is 0 Å². The number of nitrogens with one attached hydrogen (secondary N) is 1. The minimum absolute atomic E-state index is 0.0100. The first-order chi connectivity index (χ1) is 11.0. The smallest absolute Gasteiger partial charge is 0.287 e. The van der Waals surface area contributed by atoms with E-state index in [1.165, 1.54) is 12.1 Å². The summed E-state index contributed by atoms with van der Waals surface area (Å²) in [5.74, 6) is 0. The highest BCUT2D eigenvalue weighted by molar-refractivity contribution is 5.58. The van der Waals surface area contributed by atoms with Crippen molar-refractivity contribution in [2.45, 2.75) is 25.5 Å². The van der Waals surface area contributed by atoms with Gasteiger partial charge in [-0.3, -0.25) is 10.1 Å². The summed E-state index contributed by atoms with van der Waals surface area (Å²) in [4.78, 5) is 10.2. The van der Waals surface area contributed by atoms with Crippen molar-refractivity contribution >= 4 is 11.4 Å². The fourth-order valence-electron chi connectivity index (χ4n) is 2.36. The third kappa shape index (κ3) is 4.28. The van der Waals surface area contributed by atoms with Gasteiger partial charge < -0.3 is 10.4 Å². The van der Waals surface area contributed by atoms with Gasteiger partial charge in [-0.2, -0.15) is 5.26 Å². The molecule has 0 bridgehead atoms. The average molecular weight is 311 g/mol. The van der Waals surface area contributed by atoms with E-state index in [0.717, 1.165) is 5.56 Å². The molecule has 2 N–H and O–H groups in total. The first kappa shape index (κ1) is 16.5. The molecule has 0 saturated carbocycles. The molecular weight excluding hydrogens is 294 g/mol. The van der Waals surface area contributed by atoms with E-state index in [-0.39, 0.29) is 17.3 Å². The normalized spacial score (nSPS) is 12.9. The molecule has 0 radical (unpaired) electrons. The summed E-state index contributed by atoms with van der Waals surface area (Å²) < 4.78 is 0. The van der Waals surface area contributed by atoms with Crippen LogP contribution in [-0.4, -0.2) is 16.1 Å². The van der Waals surface area contributed by atoms with Crippen molar-refractivity contribution in [2.24, 2.45) is 0 Å². The second-order valence-corrected chi connectivity index (χ2v) is 5.31. The van der Waals surface area contributed by atoms with Crippen LogP contribution in [0.3, 0.4) is 0 Å². The Kier molecular flexibility index (Phi) is 5.28. The van der Waals surface area contributed by atoms with Crippen molar-refractivity contribution in [1.29, 1.82) is 5.26 Å². The lowest BCUT2D eigenvalue weighted by Crippen LogP contribution is -2.18. The van der Waals surface area contributed by atoms with Crippen LogP contribution in [0.2, 0.25) is 0 Å². The molecule has 23 heavy (non-hydrogen) atoms. The van der Waals surface area contributed by atoms with E-state index in [9.17, 15) is 15.2 Å². The fraction of sp³-hybridized carbons (Fsp3) is 0.235. The molecule has 6 heteroatoms. The zero-order chi connectivity index (χ0) is 16.8. The van der Waals surface area contributed by atoms with Crippen LogP contribution in [0, 0.1) is 21.4 Å². The Balaban J connectivity index is 2.04. The number of aliphatic hydroxyl groups is 1. The molecule has 0 amide bonds. The van der Waals surface area contributed by atoms with E-state index in [1.54, 1.807) is 6.07 Å². The summed E-state index contributed by atoms with van der Waals surface area (Å²) in [5.41, 5.74) is 1.24. The Hall–Kier alpha value is -2.91. The Bertz CT molecular complexity index is 726. The summed E-state index contributed by atoms with van der Waals surface area (Å²) in [6.45, 7) is 1.90. The molecule has 2 atom stereocenters. The third-order valence-electron chi connectivity index (χ3n) is 3.49. The van der Waals surface area contributed by atoms with Crippen LogP contribution >= 0.6 is 0 Å². The van der Waals surface area contributed by atoms with Crippen molar-refractivity contribution in [1.82, 2.24) is 0 Å². The van der Waals surface area contributed by atoms with Crippen molar-refractivity contribution in [2.75, 3.05) is 5.32 Å². The van der Waals surface area contributed by atoms with Crippen molar-refractivity contribution in [3.8, 4) is 6.07 Å². The summed E-state index contributed by atoms with van der Waals surface area (Å²) in [6.07, 6.45) is -0.129. The quantitative estimate of drug-likeness (QED) is 0.629. The Labute approximate surface area is 134 Å². The molecule has 2 aromatic rings. The summed E-state index contributed by atoms with van der Waals surface area (Å²) in [5, 5.41) is 33.2. The third-order valence-corrected chi connectivity index (χ3v) is 3.49. The molecule has 2 rings (SSSR count). The maximum atomic E-state index is 10.8. The molecule has 0 fully saturated rings. The standard InChI is InChI=1S/C17H17N3O3/c1-12(9-17(21)13-5-3-2-4-6-13)19-15-7-8-16(20(22)23)14(10-15)11-18/h2-8,10,12,17,19,21H,9H2,1H3/t12-,17-/m0/s1. The van der Waals surface area contributed by atoms with E-state index >= 15 is 0 Å². The average Bonchev–Trinajstić information content (AvgIpc) is 2.55. The van der Waals surface area contributed by atoms with Gasteiger partial charge in [0.2, 0.25) is 0 Å². The molecule has 0 aliphatic carbocycles. The van der Waals surface area contributed by atoms with Crippen molar-refractivity contribution < 1.29 is 10.0 Å². The van der Waals surface area contributed by atoms with Crippen LogP contribution in [0.25, 0.3) is 0 Å². The van der Waals surface area contributed by atoms with Crippen LogP contribution in [-0.2, 0) is 0 Å². The molecule has 0 unspecified atom stereocenters. The zero-order valence-corrected chi connectivity index (χ0v) is 12.6. The monoisotopic (exact) mass is 311 g/mol. The number of aliphatic hydroxyl groups excluding tert-OH is 1. The topological polar surface area (TPSA) is 99.2 Å². The first-order valence-corrected chi connectivity index (χ1v) is 7.19. The number of nitrogens with zero attached hydrogens (tertiary/aromatic N) is 2. The molecule has 0 heterocycles. The highest BCUT2D eigenvalue weighted by atomic mass is 16.6. The van der Waals surface area contributed by atoms with Gasteiger partial charge in [-0.05, 0) is 31.0 Å². The summed E-state index contributed by atoms with van der Waals surface area (Å²) >= 11 is 0. The largest absolute Gasteiger partial charge is 0.388 e. The van der Waals surface area contributed by atoms with Gasteiger partial charge in [-0.25, -0.2) is 0 Å². The molecule has 118 valence electrons. The molecule has 0 aliphatic rings. The SMILES string of the molecule is C[C@@H](C[C@H](O)c1ccccc1)Nc1ccc([N+](=O)[O-])c(C#N)c1. The van der Waals surface area contributed by atoms with Gasteiger partial charge >= 0.3 is 0 Å². The van der Waals surface area contributed by atoms with E-state index in [0.29, 0.717) is 12.1 Å². The minimum atomic E-state index is -0.604. The van der Waals surface area contributed by atoms with Crippen molar-refractivity contribution in [3.63, 3.8) is 0 Å². The fourth-order valence-corrected chi connectivity index (χ4v) is 2.36. The lowest BCUT2D eigenvalue weighted by Gasteiger charge is -2.19. The van der Waals surface area contributed by atoms with Gasteiger partial charge in [0.1, 0.15) is 11.6 Å². The predicted octanol–water partition coefficient (Wildman–Crippen LogP) is 3.39. The second-order valence-electron chi connectivity index (χ2n) is 5.31. The molecular formula is C17H17N3O3. The van der Waals surface area contributed by atoms with E-state index < -0.39 is 11.0 Å². The van der Waals surface area contributed by atoms with Crippen LogP contribution in [0.1, 0.15) is 30.6 Å². The molecule has 0 aliphatic heterocycles. The van der Waals surface area contributed by atoms with E-state index in [4.69, 9.17) is 5.26 Å². The highest BCUT2D eigenvalue weighted by Crippen LogP contribution is 2.24. The number of hydrogen-bond donors (Lipinski definition) is 2. The molecule has 2 aromatic carbocycles. The van der Waals surface area contributed by atoms with E-state index in [1.807, 2.05) is 43.3 Å². The van der Waals surface area contributed by atoms with Crippen LogP contribution in [0.4, 0.5) is 11.4 Å². The van der Waals surface area contributed by atoms with E-state index in [2.05, 4.69) is 5.32 Å². The number of nitro benzene ring substituents is 1. The number of rotatable bonds is 6. The molecule has 0 saturated heterocycles. The number of nitro groups is 1. The molecule has 6 nitrogen and oxygen atoms in total. The minimum Gasteiger partial charge on any atom is -0.388 e. The lowest BCUT2D eigenvalue weighted by molar-refractivity contribution is -0.385. The van der Waals surface area contributed by atoms with Gasteiger partial charge in [0, 0.05) is 17.8 Å². The lowest BCUT2D eigenvalue weighted by atomic mass is 10.0.